The van der Waals surface area contributed by atoms with Gasteiger partial charge in [-0.2, -0.15) is 0 Å². The predicted octanol–water partition coefficient (Wildman–Crippen LogP) is 3.14. The molecule has 3 nitrogen and oxygen atoms in total. The van der Waals surface area contributed by atoms with Crippen LogP contribution in [0.25, 0.3) is 0 Å². The molecule has 1 atom stereocenters. The smallest absolute Gasteiger partial charge is 0.224 e. The van der Waals surface area contributed by atoms with Crippen molar-refractivity contribution < 1.29 is 4.79 Å². The van der Waals surface area contributed by atoms with Gasteiger partial charge in [-0.05, 0) is 43.6 Å². The van der Waals surface area contributed by atoms with Crippen LogP contribution in [0.4, 0.5) is 0 Å². The van der Waals surface area contributed by atoms with E-state index >= 15 is 0 Å². The van der Waals surface area contributed by atoms with Gasteiger partial charge < -0.3 is 5.32 Å². The van der Waals surface area contributed by atoms with Gasteiger partial charge in [0.2, 0.25) is 5.91 Å². The molecule has 0 saturated carbocycles. The van der Waals surface area contributed by atoms with E-state index in [-0.39, 0.29) is 5.91 Å². The van der Waals surface area contributed by atoms with Crippen molar-refractivity contribution in [3.05, 3.63) is 33.8 Å². The fraction of sp³-hybridized carbons (Fsp3) is 0.533. The van der Waals surface area contributed by atoms with Crippen LogP contribution in [0.3, 0.4) is 0 Å². The van der Waals surface area contributed by atoms with Gasteiger partial charge in [0.05, 0.1) is 16.5 Å². The van der Waals surface area contributed by atoms with Crippen LogP contribution in [-0.4, -0.2) is 36.5 Å². The molecule has 0 spiro atoms. The van der Waals surface area contributed by atoms with E-state index in [1.54, 1.807) is 12.1 Å². The fourth-order valence-corrected chi connectivity index (χ4v) is 2.99. The third-order valence-electron chi connectivity index (χ3n) is 3.79. The zero-order valence-electron chi connectivity index (χ0n) is 11.7. The zero-order valence-corrected chi connectivity index (χ0v) is 13.2. The van der Waals surface area contributed by atoms with Gasteiger partial charge in [0, 0.05) is 12.6 Å². The lowest BCUT2D eigenvalue weighted by molar-refractivity contribution is -0.120. The molecule has 1 fully saturated rings. The summed E-state index contributed by atoms with van der Waals surface area (Å²) in [6.45, 7) is 5.08. The highest BCUT2D eigenvalue weighted by Crippen LogP contribution is 2.22. The molecule has 1 aromatic rings. The summed E-state index contributed by atoms with van der Waals surface area (Å²) < 4.78 is 0. The second-order valence-corrected chi connectivity index (χ2v) is 5.97. The predicted molar refractivity (Wildman–Crippen MR) is 83.4 cm³/mol. The number of likely N-dealkylation sites (tertiary alicyclic amines) is 1. The van der Waals surface area contributed by atoms with Crippen LogP contribution in [-0.2, 0) is 11.2 Å². The average molecular weight is 315 g/mol. The van der Waals surface area contributed by atoms with Gasteiger partial charge >= 0.3 is 0 Å². The topological polar surface area (TPSA) is 32.3 Å². The summed E-state index contributed by atoms with van der Waals surface area (Å²) in [7, 11) is 0. The number of carbonyl (C=O) groups excluding carboxylic acids is 1. The number of hydrogen-bond acceptors (Lipinski definition) is 2. The Kier molecular flexibility index (Phi) is 5.70. The SMILES string of the molecule is CCN1CCC[C@H]1CNC(=O)Cc1ccc(Cl)c(Cl)c1. The summed E-state index contributed by atoms with van der Waals surface area (Å²) in [5, 5.41) is 4.02. The molecule has 20 heavy (non-hydrogen) atoms. The summed E-state index contributed by atoms with van der Waals surface area (Å²) >= 11 is 11.8. The van der Waals surface area contributed by atoms with Crippen molar-refractivity contribution in [3.8, 4) is 0 Å². The first kappa shape index (κ1) is 15.6. The van der Waals surface area contributed by atoms with Gasteiger partial charge in [-0.1, -0.05) is 36.2 Å². The highest BCUT2D eigenvalue weighted by atomic mass is 35.5. The lowest BCUT2D eigenvalue weighted by Crippen LogP contribution is -2.40. The number of likely N-dealkylation sites (N-methyl/N-ethyl adjacent to an activating group) is 1. The van der Waals surface area contributed by atoms with Gasteiger partial charge in [-0.15, -0.1) is 0 Å². The molecule has 0 aliphatic carbocycles. The Morgan fingerprint density at radius 3 is 2.90 bits per heavy atom. The molecular formula is C15H20Cl2N2O. The maximum atomic E-state index is 12.0. The molecule has 0 radical (unpaired) electrons. The van der Waals surface area contributed by atoms with E-state index < -0.39 is 0 Å². The van der Waals surface area contributed by atoms with E-state index in [0.29, 0.717) is 22.5 Å². The third-order valence-corrected chi connectivity index (χ3v) is 4.53. The van der Waals surface area contributed by atoms with E-state index in [1.807, 2.05) is 6.07 Å². The van der Waals surface area contributed by atoms with Gasteiger partial charge in [-0.25, -0.2) is 0 Å². The van der Waals surface area contributed by atoms with Crippen molar-refractivity contribution >= 4 is 29.1 Å². The number of nitrogens with zero attached hydrogens (tertiary/aromatic N) is 1. The van der Waals surface area contributed by atoms with Crippen LogP contribution in [0.1, 0.15) is 25.3 Å². The molecule has 0 aromatic heterocycles. The summed E-state index contributed by atoms with van der Waals surface area (Å²) in [4.78, 5) is 14.4. The van der Waals surface area contributed by atoms with E-state index in [2.05, 4.69) is 17.1 Å². The average Bonchev–Trinajstić information content (AvgIpc) is 2.88. The fourth-order valence-electron chi connectivity index (χ4n) is 2.67. The Balaban J connectivity index is 1.81. The standard InChI is InChI=1S/C15H20Cl2N2O/c1-2-19-7-3-4-12(19)10-18-15(20)9-11-5-6-13(16)14(17)8-11/h5-6,8,12H,2-4,7,9-10H2,1H3,(H,18,20)/t12-/m0/s1. The van der Waals surface area contributed by atoms with Gasteiger partial charge in [0.25, 0.3) is 0 Å². The van der Waals surface area contributed by atoms with Crippen molar-refractivity contribution in [1.29, 1.82) is 0 Å². The number of nitrogens with one attached hydrogen (secondary N) is 1. The van der Waals surface area contributed by atoms with Crippen molar-refractivity contribution in [2.45, 2.75) is 32.2 Å². The zero-order chi connectivity index (χ0) is 14.5. The molecule has 1 amide bonds. The number of hydrogen-bond donors (Lipinski definition) is 1. The molecule has 1 aliphatic rings. The van der Waals surface area contributed by atoms with E-state index in [1.165, 1.54) is 12.8 Å². The molecule has 5 heteroatoms. The summed E-state index contributed by atoms with van der Waals surface area (Å²) in [5.74, 6) is 0.0337. The third kappa shape index (κ3) is 4.11. The second kappa shape index (κ2) is 7.30. The minimum absolute atomic E-state index is 0.0337. The van der Waals surface area contributed by atoms with E-state index in [9.17, 15) is 4.79 Å². The van der Waals surface area contributed by atoms with Gasteiger partial charge in [-0.3, -0.25) is 9.69 Å². The number of carbonyl (C=O) groups is 1. The molecule has 1 aliphatic heterocycles. The molecule has 2 rings (SSSR count). The number of halogens is 2. The summed E-state index contributed by atoms with van der Waals surface area (Å²) in [5.41, 5.74) is 0.885. The van der Waals surface area contributed by atoms with Crippen LogP contribution in [0.5, 0.6) is 0 Å². The molecular weight excluding hydrogens is 295 g/mol. The van der Waals surface area contributed by atoms with Crippen LogP contribution in [0.15, 0.2) is 18.2 Å². The Labute approximate surface area is 130 Å². The maximum Gasteiger partial charge on any atom is 0.224 e. The van der Waals surface area contributed by atoms with Crippen LogP contribution >= 0.6 is 23.2 Å². The van der Waals surface area contributed by atoms with Crippen molar-refractivity contribution in [3.63, 3.8) is 0 Å². The largest absolute Gasteiger partial charge is 0.354 e. The Morgan fingerprint density at radius 2 is 2.20 bits per heavy atom. The Hall–Kier alpha value is -0.770. The molecule has 1 saturated heterocycles. The highest BCUT2D eigenvalue weighted by Gasteiger charge is 2.23. The summed E-state index contributed by atoms with van der Waals surface area (Å²) in [6, 6.07) is 5.79. The minimum atomic E-state index is 0.0337. The number of amides is 1. The Bertz CT molecular complexity index is 479. The summed E-state index contributed by atoms with van der Waals surface area (Å²) in [6.07, 6.45) is 2.73. The Morgan fingerprint density at radius 1 is 1.40 bits per heavy atom. The monoisotopic (exact) mass is 314 g/mol. The first-order valence-corrected chi connectivity index (χ1v) is 7.80. The second-order valence-electron chi connectivity index (χ2n) is 5.15. The van der Waals surface area contributed by atoms with Crippen LogP contribution in [0, 0.1) is 0 Å². The quantitative estimate of drug-likeness (QED) is 0.905. The first-order valence-electron chi connectivity index (χ1n) is 7.05. The molecule has 1 heterocycles. The van der Waals surface area contributed by atoms with Gasteiger partial charge in [0.15, 0.2) is 0 Å². The van der Waals surface area contributed by atoms with Crippen molar-refractivity contribution in [1.82, 2.24) is 10.2 Å². The molecule has 1 aromatic carbocycles. The van der Waals surface area contributed by atoms with Crippen molar-refractivity contribution in [2.75, 3.05) is 19.6 Å². The molecule has 0 unspecified atom stereocenters. The minimum Gasteiger partial charge on any atom is -0.354 e. The maximum absolute atomic E-state index is 12.0. The number of rotatable bonds is 5. The van der Waals surface area contributed by atoms with Crippen LogP contribution < -0.4 is 5.32 Å². The lowest BCUT2D eigenvalue weighted by Gasteiger charge is -2.22. The van der Waals surface area contributed by atoms with Gasteiger partial charge in [0.1, 0.15) is 0 Å². The normalized spacial score (nSPS) is 19.2. The molecule has 1 N–H and O–H groups in total. The van der Waals surface area contributed by atoms with E-state index in [4.69, 9.17) is 23.2 Å². The molecule has 0 bridgehead atoms. The first-order chi connectivity index (χ1) is 9.60. The van der Waals surface area contributed by atoms with Crippen molar-refractivity contribution in [2.24, 2.45) is 0 Å². The number of benzene rings is 1. The lowest BCUT2D eigenvalue weighted by atomic mass is 10.1. The molecule has 110 valence electrons. The highest BCUT2D eigenvalue weighted by molar-refractivity contribution is 6.42. The van der Waals surface area contributed by atoms with E-state index in [0.717, 1.165) is 25.2 Å². The van der Waals surface area contributed by atoms with Crippen LogP contribution in [0.2, 0.25) is 10.0 Å².